The fraction of sp³-hybridized carbons (Fsp3) is 0.200. The van der Waals surface area contributed by atoms with E-state index in [0.717, 1.165) is 0 Å². The Morgan fingerprint density at radius 2 is 1.82 bits per heavy atom. The molecule has 0 bridgehead atoms. The molecule has 0 unspecified atom stereocenters. The molecule has 140 valence electrons. The largest absolute Gasteiger partial charge is 0.418 e. The van der Waals surface area contributed by atoms with E-state index in [4.69, 9.17) is 26.5 Å². The Hall–Kier alpha value is -3.39. The molecule has 0 saturated carbocycles. The van der Waals surface area contributed by atoms with Crippen molar-refractivity contribution in [2.45, 2.75) is 26.0 Å². The molecule has 8 heteroatoms. The van der Waals surface area contributed by atoms with E-state index in [-0.39, 0.29) is 11.8 Å². The summed E-state index contributed by atoms with van der Waals surface area (Å²) in [6.45, 7) is 3.38. The van der Waals surface area contributed by atoms with Gasteiger partial charge in [0.25, 0.3) is 0 Å². The first-order chi connectivity index (χ1) is 13.4. The lowest BCUT2D eigenvalue weighted by molar-refractivity contribution is 0.159. The van der Waals surface area contributed by atoms with Crippen LogP contribution in [0.25, 0.3) is 11.5 Å². The number of benzene rings is 2. The zero-order valence-electron chi connectivity index (χ0n) is 15.1. The first kappa shape index (κ1) is 19.4. The van der Waals surface area contributed by atoms with Crippen molar-refractivity contribution >= 4 is 17.3 Å². The van der Waals surface area contributed by atoms with Crippen LogP contribution in [0.1, 0.15) is 35.5 Å². The molecular formula is C20H16ClN5O2. The minimum Gasteiger partial charge on any atom is -0.418 e. The molecule has 2 atom stereocenters. The van der Waals surface area contributed by atoms with E-state index < -0.39 is 12.1 Å². The molecule has 0 aliphatic heterocycles. The van der Waals surface area contributed by atoms with Gasteiger partial charge in [-0.1, -0.05) is 11.6 Å². The highest BCUT2D eigenvalue weighted by Crippen LogP contribution is 2.31. The molecule has 2 aromatic carbocycles. The van der Waals surface area contributed by atoms with Crippen molar-refractivity contribution in [3.8, 4) is 23.6 Å². The summed E-state index contributed by atoms with van der Waals surface area (Å²) in [7, 11) is 0. The summed E-state index contributed by atoms with van der Waals surface area (Å²) in [6.07, 6.45) is -0.844. The monoisotopic (exact) mass is 393 g/mol. The molecule has 0 spiro atoms. The summed E-state index contributed by atoms with van der Waals surface area (Å²) in [5.41, 5.74) is 2.89. The number of aliphatic hydroxyl groups excluding tert-OH is 1. The third kappa shape index (κ3) is 3.81. The van der Waals surface area contributed by atoms with Gasteiger partial charge in [-0.05, 0) is 55.8 Å². The number of anilines is 1. The molecular weight excluding hydrogens is 378 g/mol. The number of rotatable bonds is 5. The molecule has 1 heterocycles. The Labute approximate surface area is 166 Å². The molecule has 2 N–H and O–H groups in total. The lowest BCUT2D eigenvalue weighted by Gasteiger charge is -2.21. The molecule has 0 saturated heterocycles. The lowest BCUT2D eigenvalue weighted by Crippen LogP contribution is -2.23. The molecule has 0 fully saturated rings. The minimum absolute atomic E-state index is 0.203. The van der Waals surface area contributed by atoms with Gasteiger partial charge < -0.3 is 14.8 Å². The maximum absolute atomic E-state index is 10.2. The van der Waals surface area contributed by atoms with Crippen molar-refractivity contribution in [2.24, 2.45) is 0 Å². The Balaban J connectivity index is 1.90. The van der Waals surface area contributed by atoms with Gasteiger partial charge in [-0.15, -0.1) is 10.2 Å². The normalized spacial score (nSPS) is 12.6. The van der Waals surface area contributed by atoms with Gasteiger partial charge in [-0.2, -0.15) is 10.5 Å². The average Bonchev–Trinajstić information content (AvgIpc) is 3.18. The summed E-state index contributed by atoms with van der Waals surface area (Å²) in [6, 6.07) is 13.5. The molecule has 3 rings (SSSR count). The van der Waals surface area contributed by atoms with Crippen LogP contribution in [0.4, 0.5) is 5.69 Å². The van der Waals surface area contributed by atoms with Crippen LogP contribution in [0.2, 0.25) is 5.02 Å². The van der Waals surface area contributed by atoms with Crippen LogP contribution >= 0.6 is 11.6 Å². The number of hydrogen-bond acceptors (Lipinski definition) is 7. The van der Waals surface area contributed by atoms with E-state index in [1.54, 1.807) is 50.2 Å². The predicted molar refractivity (Wildman–Crippen MR) is 103 cm³/mol. The second-order valence-corrected chi connectivity index (χ2v) is 6.59. The second kappa shape index (κ2) is 8.10. The maximum Gasteiger partial charge on any atom is 0.247 e. The van der Waals surface area contributed by atoms with Crippen LogP contribution < -0.4 is 5.32 Å². The number of nitrogens with zero attached hydrogens (tertiary/aromatic N) is 4. The lowest BCUT2D eigenvalue weighted by atomic mass is 10.1. The van der Waals surface area contributed by atoms with Gasteiger partial charge in [0, 0.05) is 11.3 Å². The van der Waals surface area contributed by atoms with Crippen LogP contribution in [-0.2, 0) is 0 Å². The summed E-state index contributed by atoms with van der Waals surface area (Å²) < 4.78 is 5.74. The Bertz CT molecular complexity index is 1080. The fourth-order valence-electron chi connectivity index (χ4n) is 2.65. The number of nitriles is 2. The SMILES string of the molecule is Cc1c(N[C@H](c2nnc(-c3ccc(C#N)cc3)o2)[C@@H](C)O)ccc(C#N)c1Cl. The van der Waals surface area contributed by atoms with Crippen LogP contribution in [0.5, 0.6) is 0 Å². The van der Waals surface area contributed by atoms with Gasteiger partial charge in [0.05, 0.1) is 28.3 Å². The third-order valence-electron chi connectivity index (χ3n) is 4.27. The summed E-state index contributed by atoms with van der Waals surface area (Å²) in [5.74, 6) is 0.482. The Morgan fingerprint density at radius 3 is 2.43 bits per heavy atom. The zero-order valence-corrected chi connectivity index (χ0v) is 15.9. The summed E-state index contributed by atoms with van der Waals surface area (Å²) >= 11 is 6.22. The van der Waals surface area contributed by atoms with Gasteiger partial charge in [0.15, 0.2) is 0 Å². The quantitative estimate of drug-likeness (QED) is 0.672. The molecule has 0 radical (unpaired) electrons. The van der Waals surface area contributed by atoms with Crippen molar-refractivity contribution in [3.05, 3.63) is 64.0 Å². The summed E-state index contributed by atoms with van der Waals surface area (Å²) in [5, 5.41) is 39.8. The van der Waals surface area contributed by atoms with Gasteiger partial charge in [0.2, 0.25) is 11.8 Å². The molecule has 0 aliphatic rings. The molecule has 1 aromatic heterocycles. The van der Waals surface area contributed by atoms with E-state index in [9.17, 15) is 5.11 Å². The molecule has 7 nitrogen and oxygen atoms in total. The first-order valence-electron chi connectivity index (χ1n) is 8.42. The van der Waals surface area contributed by atoms with Gasteiger partial charge >= 0.3 is 0 Å². The standard InChI is InChI=1S/C20H16ClN5O2/c1-11-16(8-7-15(10-23)17(11)21)24-18(12(2)27)20-26-25-19(28-20)14-5-3-13(9-22)4-6-14/h3-8,12,18,24,27H,1-2H3/t12-,18+/m1/s1. The van der Waals surface area contributed by atoms with Crippen molar-refractivity contribution in [1.29, 1.82) is 10.5 Å². The predicted octanol–water partition coefficient (Wildman–Crippen LogP) is 3.98. The average molecular weight is 394 g/mol. The smallest absolute Gasteiger partial charge is 0.247 e. The Morgan fingerprint density at radius 1 is 1.11 bits per heavy atom. The fourth-order valence-corrected chi connectivity index (χ4v) is 2.86. The van der Waals surface area contributed by atoms with E-state index >= 15 is 0 Å². The summed E-state index contributed by atoms with van der Waals surface area (Å²) in [4.78, 5) is 0. The van der Waals surface area contributed by atoms with Crippen molar-refractivity contribution in [2.75, 3.05) is 5.32 Å². The number of halogens is 1. The number of hydrogen-bond donors (Lipinski definition) is 2. The molecule has 0 aliphatic carbocycles. The highest BCUT2D eigenvalue weighted by molar-refractivity contribution is 6.32. The zero-order chi connectivity index (χ0) is 20.3. The van der Waals surface area contributed by atoms with E-state index in [1.165, 1.54) is 0 Å². The van der Waals surface area contributed by atoms with Crippen LogP contribution in [0.15, 0.2) is 40.8 Å². The van der Waals surface area contributed by atoms with Crippen molar-refractivity contribution in [1.82, 2.24) is 10.2 Å². The first-order valence-corrected chi connectivity index (χ1v) is 8.80. The number of aromatic nitrogens is 2. The maximum atomic E-state index is 10.2. The molecule has 0 amide bonds. The number of aliphatic hydroxyl groups is 1. The van der Waals surface area contributed by atoms with Gasteiger partial charge in [-0.3, -0.25) is 0 Å². The van der Waals surface area contributed by atoms with Crippen molar-refractivity contribution < 1.29 is 9.52 Å². The highest BCUT2D eigenvalue weighted by Gasteiger charge is 2.25. The van der Waals surface area contributed by atoms with Crippen LogP contribution in [-0.4, -0.2) is 21.4 Å². The number of nitrogens with one attached hydrogen (secondary N) is 1. The van der Waals surface area contributed by atoms with E-state index in [1.807, 2.05) is 12.1 Å². The van der Waals surface area contributed by atoms with E-state index in [0.29, 0.717) is 33.0 Å². The second-order valence-electron chi connectivity index (χ2n) is 6.21. The molecule has 28 heavy (non-hydrogen) atoms. The van der Waals surface area contributed by atoms with Crippen LogP contribution in [0, 0.1) is 29.6 Å². The van der Waals surface area contributed by atoms with E-state index in [2.05, 4.69) is 15.5 Å². The molecule has 3 aromatic rings. The van der Waals surface area contributed by atoms with Crippen molar-refractivity contribution in [3.63, 3.8) is 0 Å². The van der Waals surface area contributed by atoms with Gasteiger partial charge in [0.1, 0.15) is 12.1 Å². The topological polar surface area (TPSA) is 119 Å². The van der Waals surface area contributed by atoms with Crippen LogP contribution in [0.3, 0.4) is 0 Å². The minimum atomic E-state index is -0.844. The highest BCUT2D eigenvalue weighted by atomic mass is 35.5. The van der Waals surface area contributed by atoms with Gasteiger partial charge in [-0.25, -0.2) is 0 Å². The third-order valence-corrected chi connectivity index (χ3v) is 4.75. The Kier molecular flexibility index (Phi) is 5.60.